The fraction of sp³-hybridized carbons (Fsp3) is 0.0625. The van der Waals surface area contributed by atoms with Gasteiger partial charge in [0.25, 0.3) is 5.91 Å². The summed E-state index contributed by atoms with van der Waals surface area (Å²) in [6.45, 7) is 1.93. The van der Waals surface area contributed by atoms with E-state index in [9.17, 15) is 4.79 Å². The summed E-state index contributed by atoms with van der Waals surface area (Å²) >= 11 is 2.15. The van der Waals surface area contributed by atoms with E-state index in [0.717, 1.165) is 20.4 Å². The summed E-state index contributed by atoms with van der Waals surface area (Å²) in [4.78, 5) is 12.4. The zero-order chi connectivity index (χ0) is 15.5. The molecule has 0 unspecified atom stereocenters. The molecule has 3 rings (SSSR count). The fourth-order valence-electron chi connectivity index (χ4n) is 2.02. The van der Waals surface area contributed by atoms with Crippen molar-refractivity contribution < 1.29 is 9.21 Å². The van der Waals surface area contributed by atoms with Gasteiger partial charge >= 0.3 is 0 Å². The van der Waals surface area contributed by atoms with Crippen molar-refractivity contribution in [3.05, 3.63) is 63.6 Å². The topological polar surface area (TPSA) is 68.0 Å². The van der Waals surface area contributed by atoms with E-state index in [1.807, 2.05) is 43.3 Å². The Bertz CT molecular complexity index is 816. The minimum Gasteiger partial charge on any atom is -0.423 e. The van der Waals surface area contributed by atoms with Gasteiger partial charge < -0.3 is 9.73 Å². The minimum absolute atomic E-state index is 0.143. The van der Waals surface area contributed by atoms with Crippen molar-refractivity contribution in [1.82, 2.24) is 10.2 Å². The maximum absolute atomic E-state index is 12.4. The van der Waals surface area contributed by atoms with Crippen molar-refractivity contribution >= 4 is 34.2 Å². The van der Waals surface area contributed by atoms with Crippen molar-refractivity contribution in [3.63, 3.8) is 0 Å². The van der Waals surface area contributed by atoms with E-state index < -0.39 is 0 Å². The average Bonchev–Trinajstić information content (AvgIpc) is 3.04. The van der Waals surface area contributed by atoms with Gasteiger partial charge in [-0.25, -0.2) is 0 Å². The Balaban J connectivity index is 1.91. The van der Waals surface area contributed by atoms with E-state index >= 15 is 0 Å². The number of nitrogens with zero attached hydrogens (tertiary/aromatic N) is 2. The zero-order valence-corrected chi connectivity index (χ0v) is 13.9. The molecular weight excluding hydrogens is 393 g/mol. The fourth-order valence-corrected chi connectivity index (χ4v) is 2.66. The molecule has 110 valence electrons. The first-order chi connectivity index (χ1) is 10.6. The van der Waals surface area contributed by atoms with Gasteiger partial charge in [-0.2, -0.15) is 0 Å². The second-order valence-electron chi connectivity index (χ2n) is 4.71. The average molecular weight is 405 g/mol. The number of carbonyl (C=O) groups is 1. The normalized spacial score (nSPS) is 10.5. The second kappa shape index (κ2) is 6.27. The molecule has 1 N–H and O–H groups in total. The number of rotatable bonds is 3. The molecule has 6 heteroatoms. The highest BCUT2D eigenvalue weighted by Crippen LogP contribution is 2.24. The summed E-state index contributed by atoms with van der Waals surface area (Å²) in [5.74, 6) is 0.278. The lowest BCUT2D eigenvalue weighted by Crippen LogP contribution is -2.14. The first-order valence-electron chi connectivity index (χ1n) is 6.58. The number of anilines is 1. The number of nitrogens with one attached hydrogen (secondary N) is 1. The van der Waals surface area contributed by atoms with Gasteiger partial charge in [-0.05, 0) is 59.3 Å². The number of halogens is 1. The monoisotopic (exact) mass is 405 g/mol. The number of amides is 1. The Kier molecular flexibility index (Phi) is 4.19. The third kappa shape index (κ3) is 3.01. The smallest absolute Gasteiger partial charge is 0.256 e. The van der Waals surface area contributed by atoms with Gasteiger partial charge in [-0.1, -0.05) is 18.2 Å². The molecule has 0 fully saturated rings. The summed E-state index contributed by atoms with van der Waals surface area (Å²) in [7, 11) is 0. The van der Waals surface area contributed by atoms with Crippen LogP contribution in [-0.2, 0) is 0 Å². The summed E-state index contributed by atoms with van der Waals surface area (Å²) in [5, 5.41) is 10.5. The molecule has 3 aromatic rings. The molecule has 0 saturated carbocycles. The lowest BCUT2D eigenvalue weighted by molar-refractivity contribution is 0.102. The summed E-state index contributed by atoms with van der Waals surface area (Å²) in [6, 6.07) is 13.1. The lowest BCUT2D eigenvalue weighted by atomic mass is 10.1. The van der Waals surface area contributed by atoms with Crippen molar-refractivity contribution in [2.45, 2.75) is 6.92 Å². The molecule has 5 nitrogen and oxygen atoms in total. The van der Waals surface area contributed by atoms with Crippen LogP contribution in [0.2, 0.25) is 0 Å². The highest BCUT2D eigenvalue weighted by molar-refractivity contribution is 14.1. The second-order valence-corrected chi connectivity index (χ2v) is 5.87. The highest BCUT2D eigenvalue weighted by atomic mass is 127. The Morgan fingerprint density at radius 3 is 2.77 bits per heavy atom. The van der Waals surface area contributed by atoms with Crippen molar-refractivity contribution in [3.8, 4) is 11.5 Å². The van der Waals surface area contributed by atoms with Crippen LogP contribution in [0, 0.1) is 10.5 Å². The third-order valence-corrected chi connectivity index (χ3v) is 4.15. The zero-order valence-electron chi connectivity index (χ0n) is 11.7. The van der Waals surface area contributed by atoms with E-state index in [1.54, 1.807) is 6.07 Å². The molecule has 1 amide bonds. The van der Waals surface area contributed by atoms with Crippen molar-refractivity contribution in [1.29, 1.82) is 0 Å². The molecule has 0 bridgehead atoms. The molecule has 0 aliphatic carbocycles. The Morgan fingerprint density at radius 1 is 1.23 bits per heavy atom. The van der Waals surface area contributed by atoms with Crippen molar-refractivity contribution in [2.24, 2.45) is 0 Å². The van der Waals surface area contributed by atoms with Crippen LogP contribution in [0.15, 0.2) is 53.3 Å². The van der Waals surface area contributed by atoms with Crippen LogP contribution in [-0.4, -0.2) is 16.1 Å². The van der Waals surface area contributed by atoms with Gasteiger partial charge in [0.2, 0.25) is 12.3 Å². The maximum atomic E-state index is 12.4. The summed E-state index contributed by atoms with van der Waals surface area (Å²) in [5.41, 5.74) is 3.09. The van der Waals surface area contributed by atoms with Gasteiger partial charge in [-0.3, -0.25) is 4.79 Å². The molecule has 0 spiro atoms. The largest absolute Gasteiger partial charge is 0.423 e. The molecular formula is C16H12IN3O2. The number of hydrogen-bond donors (Lipinski definition) is 1. The Labute approximate surface area is 140 Å². The van der Waals surface area contributed by atoms with E-state index in [2.05, 4.69) is 38.1 Å². The van der Waals surface area contributed by atoms with Gasteiger partial charge in [0.15, 0.2) is 0 Å². The molecule has 0 aliphatic rings. The Morgan fingerprint density at radius 2 is 2.05 bits per heavy atom. The number of hydrogen-bond acceptors (Lipinski definition) is 4. The maximum Gasteiger partial charge on any atom is 0.256 e. The Hall–Kier alpha value is -2.22. The van der Waals surface area contributed by atoms with Crippen molar-refractivity contribution in [2.75, 3.05) is 5.32 Å². The molecule has 0 atom stereocenters. The van der Waals surface area contributed by atoms with E-state index in [0.29, 0.717) is 11.5 Å². The van der Waals surface area contributed by atoms with E-state index in [-0.39, 0.29) is 5.91 Å². The first kappa shape index (κ1) is 14.7. The molecule has 0 aliphatic heterocycles. The highest BCUT2D eigenvalue weighted by Gasteiger charge is 2.12. The molecule has 0 saturated heterocycles. The van der Waals surface area contributed by atoms with Crippen LogP contribution < -0.4 is 5.32 Å². The number of aromatic nitrogens is 2. The molecule has 1 aromatic heterocycles. The van der Waals surface area contributed by atoms with Crippen LogP contribution in [0.25, 0.3) is 11.5 Å². The van der Waals surface area contributed by atoms with Gasteiger partial charge in [0.1, 0.15) is 0 Å². The quantitative estimate of drug-likeness (QED) is 0.672. The predicted molar refractivity (Wildman–Crippen MR) is 91.6 cm³/mol. The lowest BCUT2D eigenvalue weighted by Gasteiger charge is -2.10. The number of carbonyl (C=O) groups excluding carboxylic acids is 1. The number of benzene rings is 2. The standard InChI is InChI=1S/C16H12IN3O2/c1-10-6-7-11(16-20-18-9-22-16)8-14(10)19-15(21)12-4-2-3-5-13(12)17/h2-9H,1H3,(H,19,21). The van der Waals surface area contributed by atoms with E-state index in [1.165, 1.54) is 6.39 Å². The van der Waals surface area contributed by atoms with Gasteiger partial charge in [-0.15, -0.1) is 10.2 Å². The molecule has 2 aromatic carbocycles. The number of aryl methyl sites for hydroxylation is 1. The molecule has 0 radical (unpaired) electrons. The van der Waals surface area contributed by atoms with Crippen LogP contribution in [0.1, 0.15) is 15.9 Å². The predicted octanol–water partition coefficient (Wildman–Crippen LogP) is 3.90. The van der Waals surface area contributed by atoms with Crippen LogP contribution in [0.4, 0.5) is 5.69 Å². The van der Waals surface area contributed by atoms with Gasteiger partial charge in [0, 0.05) is 14.8 Å². The summed E-state index contributed by atoms with van der Waals surface area (Å²) < 4.78 is 6.09. The molecule has 1 heterocycles. The SMILES string of the molecule is Cc1ccc(-c2nnco2)cc1NC(=O)c1ccccc1I. The van der Waals surface area contributed by atoms with Crippen LogP contribution in [0.5, 0.6) is 0 Å². The molecule has 22 heavy (non-hydrogen) atoms. The first-order valence-corrected chi connectivity index (χ1v) is 7.66. The third-order valence-electron chi connectivity index (χ3n) is 3.21. The van der Waals surface area contributed by atoms with Crippen LogP contribution >= 0.6 is 22.6 Å². The van der Waals surface area contributed by atoms with E-state index in [4.69, 9.17) is 4.42 Å². The minimum atomic E-state index is -0.143. The summed E-state index contributed by atoms with van der Waals surface area (Å²) in [6.07, 6.45) is 1.28. The van der Waals surface area contributed by atoms with Crippen LogP contribution in [0.3, 0.4) is 0 Å². The van der Waals surface area contributed by atoms with Gasteiger partial charge in [0.05, 0.1) is 5.56 Å².